The average molecular weight is 526 g/mol. The number of amides is 1. The van der Waals surface area contributed by atoms with Gasteiger partial charge in [0.05, 0.1) is 17.1 Å². The first-order chi connectivity index (χ1) is 15.5. The van der Waals surface area contributed by atoms with Crippen molar-refractivity contribution in [3.05, 3.63) is 99.3 Å². The fourth-order valence-corrected chi connectivity index (χ4v) is 5.46. The Hall–Kier alpha value is -1.76. The topological polar surface area (TPSA) is 32.3 Å². The normalized spacial score (nSPS) is 12.9. The quantitative estimate of drug-likeness (QED) is 0.288. The first kappa shape index (κ1) is 25.9. The largest absolute Gasteiger partial charge is 0.316 e. The SMILES string of the molecule is Cl.O=C(c1ccc(CSc2c(Cl)ccc3c2CCNCC3)cc1F)N(Cl)Cc1ccccc1. The minimum absolute atomic E-state index is 0. The van der Waals surface area contributed by atoms with Crippen LogP contribution in [0.1, 0.15) is 32.6 Å². The van der Waals surface area contributed by atoms with Crippen LogP contribution >= 0.6 is 47.5 Å². The highest BCUT2D eigenvalue weighted by molar-refractivity contribution is 7.98. The molecular formula is C25H24Cl3FN2OS. The van der Waals surface area contributed by atoms with Gasteiger partial charge in [0.25, 0.3) is 5.91 Å². The number of benzene rings is 3. The van der Waals surface area contributed by atoms with Crippen molar-refractivity contribution in [3.8, 4) is 0 Å². The summed E-state index contributed by atoms with van der Waals surface area (Å²) in [5.41, 5.74) is 4.21. The number of thioether (sulfide) groups is 1. The van der Waals surface area contributed by atoms with Crippen LogP contribution in [0.3, 0.4) is 0 Å². The molecule has 0 aliphatic carbocycles. The molecule has 3 aromatic carbocycles. The molecule has 0 unspecified atom stereocenters. The minimum Gasteiger partial charge on any atom is -0.316 e. The van der Waals surface area contributed by atoms with Crippen molar-refractivity contribution in [2.45, 2.75) is 30.0 Å². The maximum atomic E-state index is 14.8. The number of nitrogens with one attached hydrogen (secondary N) is 1. The van der Waals surface area contributed by atoms with Crippen LogP contribution in [0.2, 0.25) is 5.02 Å². The number of carbonyl (C=O) groups is 1. The molecule has 0 saturated carbocycles. The fraction of sp³-hybridized carbons (Fsp3) is 0.240. The zero-order valence-corrected chi connectivity index (χ0v) is 21.0. The van der Waals surface area contributed by atoms with Gasteiger partial charge in [-0.15, -0.1) is 24.2 Å². The summed E-state index contributed by atoms with van der Waals surface area (Å²) in [5, 5.41) is 4.14. The Morgan fingerprint density at radius 1 is 1.03 bits per heavy atom. The first-order valence-electron chi connectivity index (χ1n) is 10.5. The fourth-order valence-electron chi connectivity index (χ4n) is 3.79. The number of carbonyl (C=O) groups excluding carboxylic acids is 1. The minimum atomic E-state index is -0.575. The van der Waals surface area contributed by atoms with Gasteiger partial charge in [-0.3, -0.25) is 4.79 Å². The molecule has 0 atom stereocenters. The monoisotopic (exact) mass is 524 g/mol. The summed E-state index contributed by atoms with van der Waals surface area (Å²) in [6.45, 7) is 2.08. The van der Waals surface area contributed by atoms with E-state index in [2.05, 4.69) is 11.4 Å². The number of nitrogens with zero attached hydrogens (tertiary/aromatic N) is 1. The van der Waals surface area contributed by atoms with Crippen LogP contribution in [0.5, 0.6) is 0 Å². The van der Waals surface area contributed by atoms with Crippen LogP contribution in [-0.2, 0) is 25.1 Å². The van der Waals surface area contributed by atoms with Gasteiger partial charge in [-0.2, -0.15) is 0 Å². The smallest absolute Gasteiger partial charge is 0.271 e. The van der Waals surface area contributed by atoms with E-state index in [1.54, 1.807) is 17.8 Å². The van der Waals surface area contributed by atoms with Gasteiger partial charge in [0.2, 0.25) is 0 Å². The number of hydrogen-bond donors (Lipinski definition) is 1. The van der Waals surface area contributed by atoms with Gasteiger partial charge < -0.3 is 5.32 Å². The Kier molecular flexibility index (Phi) is 9.47. The maximum absolute atomic E-state index is 14.8. The predicted molar refractivity (Wildman–Crippen MR) is 137 cm³/mol. The average Bonchev–Trinajstić information content (AvgIpc) is 3.04. The van der Waals surface area contributed by atoms with Crippen molar-refractivity contribution in [3.63, 3.8) is 0 Å². The summed E-state index contributed by atoms with van der Waals surface area (Å²) < 4.78 is 15.8. The molecule has 4 rings (SSSR count). The molecule has 0 saturated heterocycles. The van der Waals surface area contributed by atoms with Gasteiger partial charge in [-0.25, -0.2) is 8.81 Å². The lowest BCUT2D eigenvalue weighted by molar-refractivity contribution is 0.0852. The van der Waals surface area contributed by atoms with Crippen molar-refractivity contribution in [2.24, 2.45) is 0 Å². The van der Waals surface area contributed by atoms with Crippen LogP contribution in [-0.4, -0.2) is 23.4 Å². The Balaban J connectivity index is 0.00000306. The first-order valence-corrected chi connectivity index (χ1v) is 12.2. The summed E-state index contributed by atoms with van der Waals surface area (Å²) in [6, 6.07) is 18.1. The lowest BCUT2D eigenvalue weighted by Gasteiger charge is -2.16. The number of hydrogen-bond acceptors (Lipinski definition) is 3. The lowest BCUT2D eigenvalue weighted by Crippen LogP contribution is -2.22. The second-order valence-electron chi connectivity index (χ2n) is 7.68. The van der Waals surface area contributed by atoms with Crippen molar-refractivity contribution in [2.75, 3.05) is 13.1 Å². The van der Waals surface area contributed by atoms with E-state index in [1.807, 2.05) is 36.4 Å². The van der Waals surface area contributed by atoms with E-state index in [9.17, 15) is 9.18 Å². The van der Waals surface area contributed by atoms with Crippen LogP contribution < -0.4 is 5.32 Å². The van der Waals surface area contributed by atoms with E-state index < -0.39 is 11.7 Å². The Labute approximate surface area is 214 Å². The molecule has 174 valence electrons. The van der Waals surface area contributed by atoms with Gasteiger partial charge in [0.1, 0.15) is 5.82 Å². The zero-order chi connectivity index (χ0) is 22.5. The predicted octanol–water partition coefficient (Wildman–Crippen LogP) is 6.68. The standard InChI is InChI=1S/C25H23Cl2FN2OS.ClH/c26-22-9-7-19-10-12-29-13-11-20(19)24(22)32-16-18-6-8-21(23(28)14-18)25(31)30(27)15-17-4-2-1-3-5-17;/h1-9,14,29H,10-13,15-16H2;1H. The third-order valence-electron chi connectivity index (χ3n) is 5.46. The van der Waals surface area contributed by atoms with E-state index in [-0.39, 0.29) is 24.5 Å². The van der Waals surface area contributed by atoms with Crippen LogP contribution in [0.15, 0.2) is 65.6 Å². The van der Waals surface area contributed by atoms with E-state index in [4.69, 9.17) is 23.4 Å². The molecule has 0 bridgehead atoms. The van der Waals surface area contributed by atoms with Gasteiger partial charge >= 0.3 is 0 Å². The van der Waals surface area contributed by atoms with Crippen molar-refractivity contribution >= 4 is 53.5 Å². The summed E-state index contributed by atoms with van der Waals surface area (Å²) in [5.74, 6) is -0.575. The molecule has 1 heterocycles. The molecule has 1 amide bonds. The highest BCUT2D eigenvalue weighted by Gasteiger charge is 2.19. The molecule has 3 nitrogen and oxygen atoms in total. The summed E-state index contributed by atoms with van der Waals surface area (Å²) in [7, 11) is 0. The van der Waals surface area contributed by atoms with Crippen LogP contribution in [0.25, 0.3) is 0 Å². The Morgan fingerprint density at radius 3 is 2.55 bits per heavy atom. The molecule has 0 aromatic heterocycles. The zero-order valence-electron chi connectivity index (χ0n) is 17.8. The third-order valence-corrected chi connectivity index (χ3v) is 7.40. The van der Waals surface area contributed by atoms with Crippen molar-refractivity contribution < 1.29 is 9.18 Å². The summed E-state index contributed by atoms with van der Waals surface area (Å²) >= 11 is 14.3. The van der Waals surface area contributed by atoms with Crippen LogP contribution in [0.4, 0.5) is 4.39 Å². The van der Waals surface area contributed by atoms with Crippen LogP contribution in [0, 0.1) is 5.82 Å². The van der Waals surface area contributed by atoms with Crippen molar-refractivity contribution in [1.29, 1.82) is 0 Å². The van der Waals surface area contributed by atoms with E-state index in [1.165, 1.54) is 23.3 Å². The van der Waals surface area contributed by atoms with Gasteiger partial charge in [0, 0.05) is 22.4 Å². The molecule has 0 fully saturated rings. The number of halogens is 4. The Bertz CT molecular complexity index is 1110. The van der Waals surface area contributed by atoms with Gasteiger partial charge in [-0.05, 0) is 66.4 Å². The molecule has 1 N–H and O–H groups in total. The summed E-state index contributed by atoms with van der Waals surface area (Å²) in [4.78, 5) is 13.7. The Morgan fingerprint density at radius 2 is 1.79 bits per heavy atom. The molecule has 33 heavy (non-hydrogen) atoms. The highest BCUT2D eigenvalue weighted by Crippen LogP contribution is 2.36. The molecule has 0 radical (unpaired) electrons. The molecule has 1 aliphatic heterocycles. The highest BCUT2D eigenvalue weighted by atomic mass is 35.5. The second-order valence-corrected chi connectivity index (χ2v) is 9.48. The molecular weight excluding hydrogens is 502 g/mol. The number of fused-ring (bicyclic) bond motifs is 1. The second kappa shape index (κ2) is 12.1. The van der Waals surface area contributed by atoms with E-state index >= 15 is 0 Å². The molecule has 8 heteroatoms. The molecule has 1 aliphatic rings. The van der Waals surface area contributed by atoms with E-state index in [0.29, 0.717) is 5.75 Å². The molecule has 3 aromatic rings. The van der Waals surface area contributed by atoms with Crippen molar-refractivity contribution in [1.82, 2.24) is 9.74 Å². The molecule has 0 spiro atoms. The maximum Gasteiger partial charge on any atom is 0.271 e. The lowest BCUT2D eigenvalue weighted by atomic mass is 10.0. The number of rotatable bonds is 6. The summed E-state index contributed by atoms with van der Waals surface area (Å²) in [6.07, 6.45) is 1.90. The van der Waals surface area contributed by atoms with Gasteiger partial charge in [0.15, 0.2) is 0 Å². The third kappa shape index (κ3) is 6.43. The van der Waals surface area contributed by atoms with E-state index in [0.717, 1.165) is 51.4 Å². The van der Waals surface area contributed by atoms with Gasteiger partial charge in [-0.1, -0.05) is 54.1 Å².